The second-order valence-corrected chi connectivity index (χ2v) is 9.09. The summed E-state index contributed by atoms with van der Waals surface area (Å²) in [6.07, 6.45) is 0. The smallest absolute Gasteiger partial charge is 0.261 e. The maximum atomic E-state index is 13.2. The van der Waals surface area contributed by atoms with E-state index in [-0.39, 0.29) is 10.6 Å². The van der Waals surface area contributed by atoms with Crippen molar-refractivity contribution >= 4 is 38.2 Å². The van der Waals surface area contributed by atoms with Crippen molar-refractivity contribution in [2.75, 3.05) is 4.72 Å². The minimum Gasteiger partial charge on any atom is -0.506 e. The van der Waals surface area contributed by atoms with Gasteiger partial charge in [-0.15, -0.1) is 0 Å². The first-order chi connectivity index (χ1) is 13.9. The molecule has 0 fully saturated rings. The summed E-state index contributed by atoms with van der Waals surface area (Å²) in [5.74, 6) is -0.431. The van der Waals surface area contributed by atoms with Crippen LogP contribution in [0.4, 0.5) is 10.1 Å². The minimum absolute atomic E-state index is 0.0479. The lowest BCUT2D eigenvalue weighted by molar-refractivity contribution is 0.469. The summed E-state index contributed by atoms with van der Waals surface area (Å²) in [5.41, 5.74) is 0.334. The van der Waals surface area contributed by atoms with E-state index in [0.717, 1.165) is 17.0 Å². The Morgan fingerprint density at radius 2 is 1.45 bits per heavy atom. The molecule has 4 aromatic carbocycles. The quantitative estimate of drug-likeness (QED) is 0.406. The highest BCUT2D eigenvalue weighted by Crippen LogP contribution is 2.42. The van der Waals surface area contributed by atoms with Crippen molar-refractivity contribution in [1.82, 2.24) is 0 Å². The van der Waals surface area contributed by atoms with Crippen LogP contribution >= 0.6 is 11.8 Å². The number of benzene rings is 4. The molecule has 0 radical (unpaired) electrons. The lowest BCUT2D eigenvalue weighted by Crippen LogP contribution is -2.13. The van der Waals surface area contributed by atoms with Gasteiger partial charge in [-0.3, -0.25) is 4.72 Å². The number of nitrogens with one attached hydrogen (secondary N) is 1. The zero-order chi connectivity index (χ0) is 20.4. The molecule has 4 rings (SSSR count). The molecule has 29 heavy (non-hydrogen) atoms. The van der Waals surface area contributed by atoms with E-state index in [4.69, 9.17) is 0 Å². The third-order valence-corrected chi connectivity index (χ3v) is 6.74. The summed E-state index contributed by atoms with van der Waals surface area (Å²) in [5, 5.41) is 11.8. The molecule has 0 unspecified atom stereocenters. The molecule has 0 heterocycles. The van der Waals surface area contributed by atoms with Gasteiger partial charge < -0.3 is 5.11 Å². The van der Waals surface area contributed by atoms with Crippen molar-refractivity contribution in [2.45, 2.75) is 14.7 Å². The van der Waals surface area contributed by atoms with Crippen LogP contribution in [0.5, 0.6) is 5.75 Å². The van der Waals surface area contributed by atoms with Crippen LogP contribution in [0.1, 0.15) is 0 Å². The van der Waals surface area contributed by atoms with E-state index in [9.17, 15) is 17.9 Å². The Morgan fingerprint density at radius 3 is 2.14 bits per heavy atom. The van der Waals surface area contributed by atoms with Gasteiger partial charge in [0, 0.05) is 15.7 Å². The molecule has 4 aromatic rings. The Balaban J connectivity index is 1.81. The van der Waals surface area contributed by atoms with Gasteiger partial charge in [-0.25, -0.2) is 12.8 Å². The van der Waals surface area contributed by atoms with Crippen LogP contribution in [0.2, 0.25) is 0 Å². The molecule has 0 aromatic heterocycles. The summed E-state index contributed by atoms with van der Waals surface area (Å²) < 4.78 is 41.4. The van der Waals surface area contributed by atoms with E-state index in [1.54, 1.807) is 30.3 Å². The van der Waals surface area contributed by atoms with Gasteiger partial charge >= 0.3 is 0 Å². The molecule has 0 bridgehead atoms. The molecule has 0 saturated carbocycles. The molecule has 0 atom stereocenters. The number of sulfonamides is 1. The first-order valence-electron chi connectivity index (χ1n) is 8.70. The molecule has 0 aliphatic heterocycles. The van der Waals surface area contributed by atoms with Crippen LogP contribution in [-0.2, 0) is 10.0 Å². The molecule has 0 aliphatic rings. The number of halogens is 1. The van der Waals surface area contributed by atoms with E-state index in [1.165, 1.54) is 23.9 Å². The monoisotopic (exact) mass is 425 g/mol. The number of phenolic OH excluding ortho intramolecular Hbond substituents is 1. The second-order valence-electron chi connectivity index (χ2n) is 6.29. The number of fused-ring (bicyclic) bond motifs is 1. The van der Waals surface area contributed by atoms with Gasteiger partial charge in [0.25, 0.3) is 10.0 Å². The van der Waals surface area contributed by atoms with Crippen LogP contribution < -0.4 is 4.72 Å². The largest absolute Gasteiger partial charge is 0.506 e. The van der Waals surface area contributed by atoms with Crippen LogP contribution in [0.25, 0.3) is 10.8 Å². The molecular formula is C22H16FNO3S2. The first kappa shape index (κ1) is 19.3. The average Bonchev–Trinajstić information content (AvgIpc) is 2.72. The van der Waals surface area contributed by atoms with Crippen LogP contribution in [0.15, 0.2) is 99.6 Å². The number of hydrogen-bond acceptors (Lipinski definition) is 4. The average molecular weight is 426 g/mol. The molecule has 7 heteroatoms. The van der Waals surface area contributed by atoms with E-state index >= 15 is 0 Å². The predicted molar refractivity (Wildman–Crippen MR) is 113 cm³/mol. The molecule has 0 aliphatic carbocycles. The lowest BCUT2D eigenvalue weighted by atomic mass is 10.1. The first-order valence-corrected chi connectivity index (χ1v) is 11.0. The van der Waals surface area contributed by atoms with E-state index in [1.807, 2.05) is 30.3 Å². The fourth-order valence-electron chi connectivity index (χ4n) is 2.93. The van der Waals surface area contributed by atoms with E-state index in [2.05, 4.69) is 4.72 Å². The summed E-state index contributed by atoms with van der Waals surface area (Å²) in [4.78, 5) is 1.38. The van der Waals surface area contributed by atoms with Crippen molar-refractivity contribution in [2.24, 2.45) is 0 Å². The van der Waals surface area contributed by atoms with Crippen molar-refractivity contribution in [1.29, 1.82) is 0 Å². The van der Waals surface area contributed by atoms with Gasteiger partial charge in [-0.2, -0.15) is 0 Å². The second kappa shape index (κ2) is 7.77. The Kier molecular flexibility index (Phi) is 5.17. The molecular weight excluding hydrogens is 409 g/mol. The van der Waals surface area contributed by atoms with Gasteiger partial charge in [0.1, 0.15) is 11.6 Å². The number of rotatable bonds is 5. The molecule has 4 nitrogen and oxygen atoms in total. The number of anilines is 1. The highest BCUT2D eigenvalue weighted by molar-refractivity contribution is 7.99. The van der Waals surface area contributed by atoms with Gasteiger partial charge in [0.05, 0.1) is 15.5 Å². The van der Waals surface area contributed by atoms with Gasteiger partial charge in [-0.05, 0) is 42.5 Å². The van der Waals surface area contributed by atoms with Gasteiger partial charge in [0.15, 0.2) is 0 Å². The third-order valence-electron chi connectivity index (χ3n) is 4.32. The molecule has 2 N–H and O–H groups in total. The number of hydrogen-bond donors (Lipinski definition) is 2. The molecule has 146 valence electrons. The third kappa shape index (κ3) is 4.06. The summed E-state index contributed by atoms with van der Waals surface area (Å²) in [6.45, 7) is 0. The summed E-state index contributed by atoms with van der Waals surface area (Å²) in [6, 6.07) is 22.7. The zero-order valence-electron chi connectivity index (χ0n) is 15.0. The Labute approximate surface area is 172 Å². The van der Waals surface area contributed by atoms with Gasteiger partial charge in [0.2, 0.25) is 0 Å². The van der Waals surface area contributed by atoms with Crippen molar-refractivity contribution in [3.05, 3.63) is 90.7 Å². The predicted octanol–water partition coefficient (Wildman–Crippen LogP) is 5.64. The lowest BCUT2D eigenvalue weighted by Gasteiger charge is -2.15. The maximum Gasteiger partial charge on any atom is 0.261 e. The topological polar surface area (TPSA) is 66.4 Å². The summed E-state index contributed by atoms with van der Waals surface area (Å²) in [7, 11) is -3.93. The van der Waals surface area contributed by atoms with E-state index < -0.39 is 15.8 Å². The zero-order valence-corrected chi connectivity index (χ0v) is 16.7. The van der Waals surface area contributed by atoms with Crippen molar-refractivity contribution in [3.8, 4) is 5.75 Å². The van der Waals surface area contributed by atoms with Crippen molar-refractivity contribution in [3.63, 3.8) is 0 Å². The van der Waals surface area contributed by atoms with Crippen LogP contribution in [0.3, 0.4) is 0 Å². The van der Waals surface area contributed by atoms with Crippen molar-refractivity contribution < 1.29 is 17.9 Å². The number of phenols is 1. The normalized spacial score (nSPS) is 11.5. The fourth-order valence-corrected chi connectivity index (χ4v) is 4.93. The Bertz CT molecular complexity index is 1270. The maximum absolute atomic E-state index is 13.2. The molecule has 0 amide bonds. The van der Waals surface area contributed by atoms with Crippen LogP contribution in [0, 0.1) is 5.82 Å². The minimum atomic E-state index is -3.93. The van der Waals surface area contributed by atoms with Gasteiger partial charge in [-0.1, -0.05) is 54.2 Å². The Morgan fingerprint density at radius 1 is 0.828 bits per heavy atom. The highest BCUT2D eigenvalue weighted by atomic mass is 32.2. The fraction of sp³-hybridized carbons (Fsp3) is 0. The SMILES string of the molecule is O=S(=O)(Nc1cc(Sc2ccccc2)c(O)c2ccccc12)c1ccc(F)cc1. The standard InChI is InChI=1S/C22H16FNO3S2/c23-15-10-12-17(13-11-15)29(26,27)24-20-14-21(28-16-6-2-1-3-7-16)22(25)19-9-5-4-8-18(19)20/h1-14,24-25H. The van der Waals surface area contributed by atoms with Crippen LogP contribution in [-0.4, -0.2) is 13.5 Å². The molecule has 0 saturated heterocycles. The Hall–Kier alpha value is -3.03. The molecule has 0 spiro atoms. The highest BCUT2D eigenvalue weighted by Gasteiger charge is 2.19. The summed E-state index contributed by atoms with van der Waals surface area (Å²) >= 11 is 1.33. The van der Waals surface area contributed by atoms with E-state index in [0.29, 0.717) is 21.4 Å². The number of aromatic hydroxyl groups is 1.